The maximum absolute atomic E-state index is 13.9. The molecule has 2 heterocycles. The third-order valence-electron chi connectivity index (χ3n) is 9.16. The van der Waals surface area contributed by atoms with E-state index in [1.165, 1.54) is 70.5 Å². The highest BCUT2D eigenvalue weighted by Crippen LogP contribution is 2.35. The number of thiophene rings is 2. The van der Waals surface area contributed by atoms with Crippen molar-refractivity contribution in [2.45, 2.75) is 23.1 Å². The summed E-state index contributed by atoms with van der Waals surface area (Å²) in [5.41, 5.74) is 12.1. The Labute approximate surface area is 383 Å². The van der Waals surface area contributed by atoms with E-state index < -0.39 is 30.1 Å². The predicted molar refractivity (Wildman–Crippen MR) is 261 cm³/mol. The zero-order chi connectivity index (χ0) is 44.4. The molecule has 2 aromatic heterocycles. The summed E-state index contributed by atoms with van der Waals surface area (Å²) in [5.74, 6) is -0.384. The number of nitrogen functional groups attached to an aromatic ring is 1. The van der Waals surface area contributed by atoms with Crippen LogP contribution in [0.15, 0.2) is 172 Å². The van der Waals surface area contributed by atoms with E-state index in [0.717, 1.165) is 34.4 Å². The average Bonchev–Trinajstić information content (AvgIpc) is 3.92. The van der Waals surface area contributed by atoms with E-state index in [9.17, 15) is 25.3 Å². The first kappa shape index (κ1) is 45.1. The standard InChI is InChI=1S/C26H21N3O4S4.C16H14BrN3O2S3/c1-34-25-15-14-24(35-25)26(27)28-29(36(30,31)22-12-10-18-6-2-4-8-20(18)16-22)37(32,33)23-13-11-19-7-3-5-9-21(19)17-23;1-23-14-8-13(15(24-14)16(18)19)20-25(21,22)12-5-3-9-6-11(17)4-2-10(9)7-12/h2-17H,1H3,(H2,27,28);2-8,20H,1H3,(H3,18,19). The van der Waals surface area contributed by atoms with Crippen LogP contribution in [0.5, 0.6) is 0 Å². The van der Waals surface area contributed by atoms with Gasteiger partial charge in [0.05, 0.1) is 38.5 Å². The van der Waals surface area contributed by atoms with Crippen molar-refractivity contribution in [1.82, 2.24) is 3.82 Å². The van der Waals surface area contributed by atoms with Crippen molar-refractivity contribution in [1.29, 1.82) is 5.41 Å². The summed E-state index contributed by atoms with van der Waals surface area (Å²) in [4.78, 5) is 0.592. The first-order valence-electron chi connectivity index (χ1n) is 18.0. The fraction of sp³-hybridized carbons (Fsp3) is 0.0476. The molecule has 12 nitrogen and oxygen atoms in total. The number of thioether (sulfide) groups is 2. The Kier molecular flexibility index (Phi) is 13.4. The molecular formula is C42H35BrN6O6S7. The van der Waals surface area contributed by atoms with Gasteiger partial charge in [0.2, 0.25) is 0 Å². The van der Waals surface area contributed by atoms with Crippen LogP contribution in [0.3, 0.4) is 0 Å². The summed E-state index contributed by atoms with van der Waals surface area (Å²) in [6, 6.07) is 39.0. The van der Waals surface area contributed by atoms with Crippen LogP contribution < -0.4 is 16.2 Å². The molecule has 6 N–H and O–H groups in total. The van der Waals surface area contributed by atoms with Crippen molar-refractivity contribution < 1.29 is 25.3 Å². The highest BCUT2D eigenvalue weighted by molar-refractivity contribution is 9.10. The first-order valence-corrected chi connectivity index (χ1v) is 27.2. The Bertz CT molecular complexity index is 3280. The molecular weight excluding hydrogens is 989 g/mol. The Hall–Kier alpha value is -4.93. The second-order valence-corrected chi connectivity index (χ2v) is 23.9. The number of anilines is 1. The average molecular weight is 1020 g/mol. The number of sulfonamides is 3. The van der Waals surface area contributed by atoms with Gasteiger partial charge in [0.15, 0.2) is 5.84 Å². The third-order valence-corrected chi connectivity index (χ3v) is 19.3. The van der Waals surface area contributed by atoms with Crippen LogP contribution in [-0.2, 0) is 30.1 Å². The molecule has 0 radical (unpaired) electrons. The van der Waals surface area contributed by atoms with Crippen molar-refractivity contribution in [3.8, 4) is 0 Å². The van der Waals surface area contributed by atoms with E-state index in [1.807, 2.05) is 61.0 Å². The molecule has 8 rings (SSSR count). The van der Waals surface area contributed by atoms with Crippen LogP contribution in [0, 0.1) is 5.41 Å². The van der Waals surface area contributed by atoms with Crippen LogP contribution in [0.1, 0.15) is 9.75 Å². The summed E-state index contributed by atoms with van der Waals surface area (Å²) >= 11 is 8.95. The number of nitrogens with zero attached hydrogens (tertiary/aromatic N) is 2. The van der Waals surface area contributed by atoms with Crippen LogP contribution in [-0.4, -0.2) is 53.3 Å². The molecule has 0 amide bonds. The number of fused-ring (bicyclic) bond motifs is 3. The number of hydrogen-bond acceptors (Lipinski definition) is 12. The molecule has 0 saturated carbocycles. The van der Waals surface area contributed by atoms with Crippen LogP contribution in [0.25, 0.3) is 32.3 Å². The van der Waals surface area contributed by atoms with Crippen molar-refractivity contribution >= 4 is 142 Å². The van der Waals surface area contributed by atoms with E-state index in [0.29, 0.717) is 26.2 Å². The molecule has 0 aliphatic heterocycles. The molecule has 0 unspecified atom stereocenters. The fourth-order valence-electron chi connectivity index (χ4n) is 6.09. The van der Waals surface area contributed by atoms with Crippen molar-refractivity contribution in [3.63, 3.8) is 0 Å². The first-order chi connectivity index (χ1) is 29.5. The van der Waals surface area contributed by atoms with Gasteiger partial charge in [-0.1, -0.05) is 92.5 Å². The number of nitrogens with one attached hydrogen (secondary N) is 2. The predicted octanol–water partition coefficient (Wildman–Crippen LogP) is 9.95. The van der Waals surface area contributed by atoms with E-state index in [2.05, 4.69) is 25.8 Å². The lowest BCUT2D eigenvalue weighted by Crippen LogP contribution is -2.35. The lowest BCUT2D eigenvalue weighted by molar-refractivity contribution is 0.508. The van der Waals surface area contributed by atoms with Gasteiger partial charge in [-0.05, 0) is 112 Å². The molecule has 62 heavy (non-hydrogen) atoms. The Balaban J connectivity index is 0.000000201. The molecule has 6 aromatic carbocycles. The Morgan fingerprint density at radius 2 is 1.10 bits per heavy atom. The molecule has 318 valence electrons. The molecule has 0 saturated heterocycles. The quantitative estimate of drug-likeness (QED) is 0.0394. The highest BCUT2D eigenvalue weighted by Gasteiger charge is 2.37. The topological polar surface area (TPSA) is 206 Å². The Morgan fingerprint density at radius 3 is 1.65 bits per heavy atom. The summed E-state index contributed by atoms with van der Waals surface area (Å²) in [6.45, 7) is 0. The Morgan fingerprint density at radius 1 is 0.613 bits per heavy atom. The zero-order valence-corrected chi connectivity index (χ0v) is 39.8. The van der Waals surface area contributed by atoms with E-state index >= 15 is 0 Å². The summed E-state index contributed by atoms with van der Waals surface area (Å²) in [5, 5.41) is 16.3. The largest absolute Gasteiger partial charge is 0.383 e. The number of amidine groups is 2. The van der Waals surface area contributed by atoms with E-state index in [1.54, 1.807) is 66.7 Å². The number of rotatable bonds is 12. The van der Waals surface area contributed by atoms with Crippen LogP contribution in [0.2, 0.25) is 0 Å². The van der Waals surface area contributed by atoms with Crippen LogP contribution in [0.4, 0.5) is 5.69 Å². The molecule has 20 heteroatoms. The molecule has 0 atom stereocenters. The molecule has 0 fully saturated rings. The van der Waals surface area contributed by atoms with Gasteiger partial charge in [-0.3, -0.25) is 10.1 Å². The van der Waals surface area contributed by atoms with Crippen molar-refractivity contribution in [2.75, 3.05) is 17.2 Å². The van der Waals surface area contributed by atoms with Gasteiger partial charge >= 0.3 is 0 Å². The summed E-state index contributed by atoms with van der Waals surface area (Å²) in [7, 11) is -13.1. The van der Waals surface area contributed by atoms with Gasteiger partial charge in [-0.15, -0.1) is 51.3 Å². The van der Waals surface area contributed by atoms with Gasteiger partial charge in [0.25, 0.3) is 30.1 Å². The van der Waals surface area contributed by atoms with Gasteiger partial charge < -0.3 is 11.5 Å². The maximum Gasteiger partial charge on any atom is 0.293 e. The van der Waals surface area contributed by atoms with Gasteiger partial charge in [-0.25, -0.2) is 8.42 Å². The third kappa shape index (κ3) is 9.66. The minimum Gasteiger partial charge on any atom is -0.383 e. The second-order valence-electron chi connectivity index (χ2n) is 13.2. The lowest BCUT2D eigenvalue weighted by atomic mass is 10.1. The van der Waals surface area contributed by atoms with Gasteiger partial charge in [0, 0.05) is 4.47 Å². The smallest absolute Gasteiger partial charge is 0.293 e. The van der Waals surface area contributed by atoms with Crippen LogP contribution >= 0.6 is 62.1 Å². The highest BCUT2D eigenvalue weighted by atomic mass is 79.9. The van der Waals surface area contributed by atoms with Gasteiger partial charge in [-0.2, -0.15) is 16.8 Å². The molecule has 0 bridgehead atoms. The summed E-state index contributed by atoms with van der Waals surface area (Å²) < 4.78 is 86.4. The number of halogens is 1. The van der Waals surface area contributed by atoms with E-state index in [-0.39, 0.29) is 30.2 Å². The SMILES string of the molecule is CSc1cc(NS(=O)(=O)c2ccc3cc(Br)ccc3c2)c(C(=N)N)s1.CSc1ccc(C(N)=NN(S(=O)(=O)c2ccc3ccccc3c2)S(=O)(=O)c2ccc3ccccc3c2)s1. The van der Waals surface area contributed by atoms with Crippen molar-refractivity contribution in [2.24, 2.45) is 16.6 Å². The number of benzene rings is 6. The number of hydrogen-bond donors (Lipinski definition) is 4. The second kappa shape index (κ2) is 18.4. The minimum atomic E-state index is -4.68. The number of nitrogens with two attached hydrogens (primary N) is 2. The van der Waals surface area contributed by atoms with Gasteiger partial charge in [0.1, 0.15) is 5.84 Å². The molecule has 0 aliphatic rings. The number of hydrazone groups is 1. The summed E-state index contributed by atoms with van der Waals surface area (Å²) in [6.07, 6.45) is 3.78. The molecule has 0 spiro atoms. The normalized spacial score (nSPS) is 12.3. The molecule has 0 aliphatic carbocycles. The fourth-order valence-corrected chi connectivity index (χ4v) is 13.9. The zero-order valence-electron chi connectivity index (χ0n) is 32.5. The minimum absolute atomic E-state index is 0.141. The van der Waals surface area contributed by atoms with E-state index in [4.69, 9.17) is 16.9 Å². The monoisotopic (exact) mass is 1020 g/mol. The molecule has 8 aromatic rings. The van der Waals surface area contributed by atoms with Crippen molar-refractivity contribution in [3.05, 3.63) is 154 Å². The maximum atomic E-state index is 13.9. The lowest BCUT2D eigenvalue weighted by Gasteiger charge is -2.20.